The molecule has 0 atom stereocenters. The van der Waals surface area contributed by atoms with E-state index >= 15 is 0 Å². The third kappa shape index (κ3) is 1.89. The number of imidazole rings is 1. The summed E-state index contributed by atoms with van der Waals surface area (Å²) < 4.78 is 2.28. The molecule has 2 aromatic rings. The molecular weight excluding hydrogens is 224 g/mol. The second kappa shape index (κ2) is 3.56. The summed E-state index contributed by atoms with van der Waals surface area (Å²) in [5.41, 5.74) is -1.52. The topological polar surface area (TPSA) is 92.9 Å². The Morgan fingerprint density at radius 3 is 2.71 bits per heavy atom. The van der Waals surface area contributed by atoms with Crippen LogP contribution in [0.1, 0.15) is 13.8 Å². The lowest BCUT2D eigenvalue weighted by molar-refractivity contribution is 0.0589. The number of fused-ring (bicyclic) bond motifs is 1. The van der Waals surface area contributed by atoms with Gasteiger partial charge in [-0.25, -0.2) is 9.78 Å². The summed E-state index contributed by atoms with van der Waals surface area (Å²) in [6.45, 7) is 3.01. The van der Waals surface area contributed by atoms with Crippen molar-refractivity contribution in [3.05, 3.63) is 27.2 Å². The first-order chi connectivity index (χ1) is 7.81. The van der Waals surface area contributed by atoms with Crippen molar-refractivity contribution >= 4 is 11.2 Å². The van der Waals surface area contributed by atoms with Crippen molar-refractivity contribution in [2.75, 3.05) is 0 Å². The normalized spacial score (nSPS) is 12.2. The van der Waals surface area contributed by atoms with Crippen LogP contribution in [0, 0.1) is 0 Å². The van der Waals surface area contributed by atoms with Crippen LogP contribution >= 0.6 is 0 Å². The molecule has 7 nitrogen and oxygen atoms in total. The predicted octanol–water partition coefficient (Wildman–Crippen LogP) is -0.806. The molecule has 0 aliphatic heterocycles. The van der Waals surface area contributed by atoms with Gasteiger partial charge in [-0.1, -0.05) is 0 Å². The standard InChI is InChI=1S/C10H14N4O3/c1-10(2,17)4-14-8(15)6-7(12-5-11-6)13(3)9(14)16/h5,17H,4H2,1-3H3,(H,11,12). The van der Waals surface area contributed by atoms with Crippen LogP contribution in [0.5, 0.6) is 0 Å². The molecule has 0 saturated carbocycles. The van der Waals surface area contributed by atoms with E-state index in [2.05, 4.69) is 9.97 Å². The van der Waals surface area contributed by atoms with Crippen LogP contribution in [0.3, 0.4) is 0 Å². The first-order valence-electron chi connectivity index (χ1n) is 5.16. The number of nitrogens with zero attached hydrogens (tertiary/aromatic N) is 3. The quantitative estimate of drug-likeness (QED) is 0.716. The number of aromatic nitrogens is 4. The number of rotatable bonds is 2. The summed E-state index contributed by atoms with van der Waals surface area (Å²) in [7, 11) is 1.53. The first kappa shape index (κ1) is 11.6. The molecular formula is C10H14N4O3. The molecule has 0 saturated heterocycles. The number of hydrogen-bond donors (Lipinski definition) is 2. The molecule has 0 aromatic carbocycles. The lowest BCUT2D eigenvalue weighted by atomic mass is 10.1. The molecule has 92 valence electrons. The zero-order valence-corrected chi connectivity index (χ0v) is 9.89. The Balaban J connectivity index is 2.80. The van der Waals surface area contributed by atoms with E-state index in [1.165, 1.54) is 31.8 Å². The van der Waals surface area contributed by atoms with Crippen molar-refractivity contribution in [2.45, 2.75) is 26.0 Å². The Bertz CT molecular complexity index is 671. The van der Waals surface area contributed by atoms with E-state index in [-0.39, 0.29) is 12.1 Å². The van der Waals surface area contributed by atoms with Crippen molar-refractivity contribution in [1.82, 2.24) is 19.1 Å². The highest BCUT2D eigenvalue weighted by Gasteiger charge is 2.19. The van der Waals surface area contributed by atoms with Gasteiger partial charge >= 0.3 is 5.69 Å². The zero-order chi connectivity index (χ0) is 12.8. The molecule has 0 radical (unpaired) electrons. The molecule has 0 bridgehead atoms. The Labute approximate surface area is 96.3 Å². The average Bonchev–Trinajstić information content (AvgIpc) is 2.69. The lowest BCUT2D eigenvalue weighted by Crippen LogP contribution is -2.44. The Kier molecular flexibility index (Phi) is 2.43. The lowest BCUT2D eigenvalue weighted by Gasteiger charge is -2.18. The van der Waals surface area contributed by atoms with Gasteiger partial charge in [0.2, 0.25) is 0 Å². The Morgan fingerprint density at radius 1 is 1.47 bits per heavy atom. The summed E-state index contributed by atoms with van der Waals surface area (Å²) in [5, 5.41) is 9.70. The summed E-state index contributed by atoms with van der Waals surface area (Å²) in [6.07, 6.45) is 1.36. The van der Waals surface area contributed by atoms with Gasteiger partial charge in [-0.2, -0.15) is 0 Å². The van der Waals surface area contributed by atoms with Crippen LogP contribution in [-0.4, -0.2) is 29.8 Å². The monoisotopic (exact) mass is 238 g/mol. The fraction of sp³-hybridized carbons (Fsp3) is 0.500. The van der Waals surface area contributed by atoms with Gasteiger partial charge in [-0.3, -0.25) is 13.9 Å². The van der Waals surface area contributed by atoms with Gasteiger partial charge in [0.05, 0.1) is 18.5 Å². The highest BCUT2D eigenvalue weighted by atomic mass is 16.3. The molecule has 2 rings (SSSR count). The summed E-state index contributed by atoms with van der Waals surface area (Å²) in [6, 6.07) is 0. The summed E-state index contributed by atoms with van der Waals surface area (Å²) >= 11 is 0. The molecule has 2 aromatic heterocycles. The predicted molar refractivity (Wildman–Crippen MR) is 61.9 cm³/mol. The highest BCUT2D eigenvalue weighted by molar-refractivity contribution is 5.68. The molecule has 17 heavy (non-hydrogen) atoms. The number of hydrogen-bond acceptors (Lipinski definition) is 4. The van der Waals surface area contributed by atoms with E-state index in [4.69, 9.17) is 0 Å². The molecule has 7 heteroatoms. The number of nitrogens with one attached hydrogen (secondary N) is 1. The van der Waals surface area contributed by atoms with Crippen LogP contribution in [0.2, 0.25) is 0 Å². The SMILES string of the molecule is Cn1c(=O)n(CC(C)(C)O)c(=O)c2[nH]cnc21. The van der Waals surface area contributed by atoms with E-state index in [9.17, 15) is 14.7 Å². The van der Waals surface area contributed by atoms with Gasteiger partial charge in [-0.15, -0.1) is 0 Å². The van der Waals surface area contributed by atoms with E-state index in [1.54, 1.807) is 0 Å². The minimum absolute atomic E-state index is 0.0620. The maximum absolute atomic E-state index is 12.0. The molecule has 0 spiro atoms. The van der Waals surface area contributed by atoms with Gasteiger partial charge in [-0.05, 0) is 13.8 Å². The van der Waals surface area contributed by atoms with Gasteiger partial charge in [0.15, 0.2) is 5.65 Å². The van der Waals surface area contributed by atoms with Gasteiger partial charge in [0, 0.05) is 7.05 Å². The molecule has 2 heterocycles. The third-order valence-corrected chi connectivity index (χ3v) is 2.46. The van der Waals surface area contributed by atoms with Crippen molar-refractivity contribution in [3.8, 4) is 0 Å². The second-order valence-electron chi connectivity index (χ2n) is 4.65. The number of aryl methyl sites for hydroxylation is 1. The van der Waals surface area contributed by atoms with Crippen molar-refractivity contribution in [3.63, 3.8) is 0 Å². The number of aliphatic hydroxyl groups is 1. The largest absolute Gasteiger partial charge is 0.389 e. The maximum Gasteiger partial charge on any atom is 0.332 e. The van der Waals surface area contributed by atoms with E-state index in [0.29, 0.717) is 5.65 Å². The number of aromatic amines is 1. The molecule has 0 unspecified atom stereocenters. The zero-order valence-electron chi connectivity index (χ0n) is 9.89. The molecule has 0 aliphatic rings. The number of H-pyrrole nitrogens is 1. The van der Waals surface area contributed by atoms with Crippen LogP contribution in [0.15, 0.2) is 15.9 Å². The molecule has 0 aliphatic carbocycles. The van der Waals surface area contributed by atoms with Crippen LogP contribution < -0.4 is 11.2 Å². The smallest absolute Gasteiger partial charge is 0.332 e. The van der Waals surface area contributed by atoms with Crippen LogP contribution in [-0.2, 0) is 13.6 Å². The fourth-order valence-corrected chi connectivity index (χ4v) is 1.72. The van der Waals surface area contributed by atoms with E-state index in [1.807, 2.05) is 0 Å². The molecule has 0 amide bonds. The molecule has 0 fully saturated rings. The van der Waals surface area contributed by atoms with Gasteiger partial charge in [0.25, 0.3) is 5.56 Å². The van der Waals surface area contributed by atoms with Crippen molar-refractivity contribution in [1.29, 1.82) is 0 Å². The highest BCUT2D eigenvalue weighted by Crippen LogP contribution is 2.04. The van der Waals surface area contributed by atoms with Gasteiger partial charge < -0.3 is 10.1 Å². The Hall–Kier alpha value is -1.89. The second-order valence-corrected chi connectivity index (χ2v) is 4.65. The van der Waals surface area contributed by atoms with Crippen LogP contribution in [0.4, 0.5) is 0 Å². The minimum Gasteiger partial charge on any atom is -0.389 e. The molecule has 2 N–H and O–H groups in total. The van der Waals surface area contributed by atoms with Crippen LogP contribution in [0.25, 0.3) is 11.2 Å². The average molecular weight is 238 g/mol. The maximum atomic E-state index is 12.0. The Morgan fingerprint density at radius 2 is 2.12 bits per heavy atom. The van der Waals surface area contributed by atoms with E-state index in [0.717, 1.165) is 4.57 Å². The van der Waals surface area contributed by atoms with Gasteiger partial charge in [0.1, 0.15) is 5.52 Å². The van der Waals surface area contributed by atoms with E-state index < -0.39 is 16.9 Å². The summed E-state index contributed by atoms with van der Waals surface area (Å²) in [4.78, 5) is 30.6. The summed E-state index contributed by atoms with van der Waals surface area (Å²) in [5.74, 6) is 0. The fourth-order valence-electron chi connectivity index (χ4n) is 1.72. The third-order valence-electron chi connectivity index (χ3n) is 2.46. The first-order valence-corrected chi connectivity index (χ1v) is 5.16. The minimum atomic E-state index is -1.14. The van der Waals surface area contributed by atoms with Crippen molar-refractivity contribution < 1.29 is 5.11 Å². The van der Waals surface area contributed by atoms with Crippen molar-refractivity contribution in [2.24, 2.45) is 7.05 Å².